The summed E-state index contributed by atoms with van der Waals surface area (Å²) < 4.78 is 1.86. The minimum Gasteiger partial charge on any atom is -0.341 e. The molecule has 0 N–H and O–H groups in total. The van der Waals surface area contributed by atoms with Crippen LogP contribution in [0.4, 0.5) is 0 Å². The summed E-state index contributed by atoms with van der Waals surface area (Å²) in [5.41, 5.74) is 2.38. The molecule has 1 amide bonds. The van der Waals surface area contributed by atoms with E-state index in [1.807, 2.05) is 28.8 Å². The molecule has 5 heteroatoms. The lowest BCUT2D eigenvalue weighted by atomic mass is 10.0. The Bertz CT molecular complexity index is 697. The fraction of sp³-hybridized carbons (Fsp3) is 0.524. The van der Waals surface area contributed by atoms with Gasteiger partial charge in [0.15, 0.2) is 0 Å². The quantitative estimate of drug-likeness (QED) is 0.801. The fourth-order valence-electron chi connectivity index (χ4n) is 3.63. The summed E-state index contributed by atoms with van der Waals surface area (Å²) in [7, 11) is 0. The van der Waals surface area contributed by atoms with Crippen LogP contribution in [0, 0.1) is 6.92 Å². The third-order valence-corrected chi connectivity index (χ3v) is 5.17. The molecule has 1 unspecified atom stereocenters. The molecule has 1 aromatic heterocycles. The number of benzene rings is 1. The Balaban J connectivity index is 1.46. The highest BCUT2D eigenvalue weighted by atomic mass is 16.2. The smallest absolute Gasteiger partial charge is 0.224 e. The number of aryl methyl sites for hydroxylation is 2. The highest BCUT2D eigenvalue weighted by molar-refractivity contribution is 5.76. The minimum absolute atomic E-state index is 0.246. The van der Waals surface area contributed by atoms with E-state index < -0.39 is 0 Å². The van der Waals surface area contributed by atoms with E-state index in [-0.39, 0.29) is 5.91 Å². The highest BCUT2D eigenvalue weighted by Gasteiger charge is 2.20. The van der Waals surface area contributed by atoms with Gasteiger partial charge in [-0.25, -0.2) is 0 Å². The van der Waals surface area contributed by atoms with Crippen LogP contribution in [0.2, 0.25) is 0 Å². The molecule has 0 radical (unpaired) electrons. The van der Waals surface area contributed by atoms with E-state index in [4.69, 9.17) is 0 Å². The van der Waals surface area contributed by atoms with E-state index in [0.717, 1.165) is 44.8 Å². The average molecular weight is 354 g/mol. The van der Waals surface area contributed by atoms with Gasteiger partial charge in [-0.2, -0.15) is 5.10 Å². The standard InChI is InChI=1S/C21H30N4O/c1-18(20-7-4-3-5-8-20)17-23-11-6-12-24(16-15-23)21(26)10-14-25-13-9-19(2)22-25/h3-5,7-9,13,18H,6,10-12,14-17H2,1-2H3. The second kappa shape index (κ2) is 8.99. The Morgan fingerprint density at radius 1 is 1.12 bits per heavy atom. The van der Waals surface area contributed by atoms with Crippen LogP contribution in [0.25, 0.3) is 0 Å². The van der Waals surface area contributed by atoms with E-state index in [1.54, 1.807) is 0 Å². The van der Waals surface area contributed by atoms with Crippen LogP contribution in [-0.4, -0.2) is 58.2 Å². The molecular weight excluding hydrogens is 324 g/mol. The monoisotopic (exact) mass is 354 g/mol. The summed E-state index contributed by atoms with van der Waals surface area (Å²) in [5, 5.41) is 4.36. The fourth-order valence-corrected chi connectivity index (χ4v) is 3.63. The predicted molar refractivity (Wildman–Crippen MR) is 104 cm³/mol. The van der Waals surface area contributed by atoms with Crippen molar-refractivity contribution in [3.63, 3.8) is 0 Å². The number of aromatic nitrogens is 2. The van der Waals surface area contributed by atoms with Crippen molar-refractivity contribution < 1.29 is 4.79 Å². The molecule has 2 heterocycles. The van der Waals surface area contributed by atoms with Crippen LogP contribution in [0.5, 0.6) is 0 Å². The Labute approximate surface area is 156 Å². The van der Waals surface area contributed by atoms with Crippen molar-refractivity contribution in [2.75, 3.05) is 32.7 Å². The number of rotatable bonds is 6. The van der Waals surface area contributed by atoms with Gasteiger partial charge in [0.25, 0.3) is 0 Å². The first-order chi connectivity index (χ1) is 12.6. The zero-order chi connectivity index (χ0) is 18.4. The minimum atomic E-state index is 0.246. The predicted octanol–water partition coefficient (Wildman–Crippen LogP) is 2.92. The van der Waals surface area contributed by atoms with Gasteiger partial charge >= 0.3 is 0 Å². The molecular formula is C21H30N4O. The van der Waals surface area contributed by atoms with Crippen LogP contribution < -0.4 is 0 Å². The second-order valence-corrected chi connectivity index (χ2v) is 7.32. The molecule has 5 nitrogen and oxygen atoms in total. The van der Waals surface area contributed by atoms with Crippen LogP contribution in [0.1, 0.15) is 36.9 Å². The van der Waals surface area contributed by atoms with Crippen molar-refractivity contribution in [3.05, 3.63) is 53.9 Å². The van der Waals surface area contributed by atoms with Crippen LogP contribution in [-0.2, 0) is 11.3 Å². The van der Waals surface area contributed by atoms with E-state index in [9.17, 15) is 4.79 Å². The SMILES string of the molecule is Cc1ccn(CCC(=O)N2CCCN(CC(C)c3ccccc3)CC2)n1. The average Bonchev–Trinajstić information content (AvgIpc) is 2.93. The van der Waals surface area contributed by atoms with E-state index in [1.165, 1.54) is 5.56 Å². The molecule has 1 aliphatic heterocycles. The molecule has 1 aromatic carbocycles. The van der Waals surface area contributed by atoms with Crippen molar-refractivity contribution in [3.8, 4) is 0 Å². The molecule has 3 rings (SSSR count). The molecule has 0 bridgehead atoms. The van der Waals surface area contributed by atoms with Crippen molar-refractivity contribution >= 4 is 5.91 Å². The van der Waals surface area contributed by atoms with Crippen LogP contribution in [0.15, 0.2) is 42.6 Å². The van der Waals surface area contributed by atoms with E-state index >= 15 is 0 Å². The Morgan fingerprint density at radius 2 is 1.92 bits per heavy atom. The van der Waals surface area contributed by atoms with E-state index in [0.29, 0.717) is 18.9 Å². The molecule has 1 aliphatic rings. The number of carbonyl (C=O) groups is 1. The van der Waals surface area contributed by atoms with Crippen LogP contribution in [0.3, 0.4) is 0 Å². The maximum atomic E-state index is 12.5. The normalized spacial score (nSPS) is 17.1. The first-order valence-electron chi connectivity index (χ1n) is 9.67. The van der Waals surface area contributed by atoms with Gasteiger partial charge < -0.3 is 9.80 Å². The number of hydrogen-bond acceptors (Lipinski definition) is 3. The van der Waals surface area contributed by atoms with Gasteiger partial charge in [0, 0.05) is 45.3 Å². The lowest BCUT2D eigenvalue weighted by molar-refractivity contribution is -0.131. The molecule has 0 aliphatic carbocycles. The maximum Gasteiger partial charge on any atom is 0.224 e. The molecule has 140 valence electrons. The molecule has 1 fully saturated rings. The Morgan fingerprint density at radius 3 is 2.65 bits per heavy atom. The lowest BCUT2D eigenvalue weighted by Crippen LogP contribution is -2.36. The van der Waals surface area contributed by atoms with Crippen molar-refractivity contribution in [2.45, 2.75) is 39.2 Å². The van der Waals surface area contributed by atoms with Crippen molar-refractivity contribution in [2.24, 2.45) is 0 Å². The van der Waals surface area contributed by atoms with Gasteiger partial charge in [-0.05, 0) is 37.4 Å². The summed E-state index contributed by atoms with van der Waals surface area (Å²) in [4.78, 5) is 17.1. The topological polar surface area (TPSA) is 41.4 Å². The second-order valence-electron chi connectivity index (χ2n) is 7.32. The molecule has 1 atom stereocenters. The van der Waals surface area contributed by atoms with Gasteiger partial charge in [-0.15, -0.1) is 0 Å². The van der Waals surface area contributed by atoms with Crippen molar-refractivity contribution in [1.29, 1.82) is 0 Å². The van der Waals surface area contributed by atoms with Gasteiger partial charge in [-0.1, -0.05) is 37.3 Å². The lowest BCUT2D eigenvalue weighted by Gasteiger charge is -2.25. The Kier molecular flexibility index (Phi) is 6.45. The third-order valence-electron chi connectivity index (χ3n) is 5.17. The maximum absolute atomic E-state index is 12.5. The zero-order valence-electron chi connectivity index (χ0n) is 16.0. The summed E-state index contributed by atoms with van der Waals surface area (Å²) in [6.45, 7) is 9.71. The molecule has 0 saturated carbocycles. The summed E-state index contributed by atoms with van der Waals surface area (Å²) in [6, 6.07) is 12.7. The first-order valence-corrected chi connectivity index (χ1v) is 9.67. The number of nitrogens with zero attached hydrogens (tertiary/aromatic N) is 4. The van der Waals surface area contributed by atoms with Crippen LogP contribution >= 0.6 is 0 Å². The highest BCUT2D eigenvalue weighted by Crippen LogP contribution is 2.17. The molecule has 0 spiro atoms. The van der Waals surface area contributed by atoms with Gasteiger partial charge in [0.2, 0.25) is 5.91 Å². The number of amides is 1. The number of carbonyl (C=O) groups excluding carboxylic acids is 1. The summed E-state index contributed by atoms with van der Waals surface area (Å²) >= 11 is 0. The van der Waals surface area contributed by atoms with E-state index in [2.05, 4.69) is 47.3 Å². The largest absolute Gasteiger partial charge is 0.341 e. The van der Waals surface area contributed by atoms with Gasteiger partial charge in [-0.3, -0.25) is 9.48 Å². The van der Waals surface area contributed by atoms with Gasteiger partial charge in [0.05, 0.1) is 5.69 Å². The zero-order valence-corrected chi connectivity index (χ0v) is 16.0. The third kappa shape index (κ3) is 5.18. The van der Waals surface area contributed by atoms with Crippen molar-refractivity contribution in [1.82, 2.24) is 19.6 Å². The summed E-state index contributed by atoms with van der Waals surface area (Å²) in [6.07, 6.45) is 3.52. The van der Waals surface area contributed by atoms with Gasteiger partial charge in [0.1, 0.15) is 0 Å². The summed E-state index contributed by atoms with van der Waals surface area (Å²) in [5.74, 6) is 0.762. The Hall–Kier alpha value is -2.14. The first kappa shape index (κ1) is 18.6. The molecule has 2 aromatic rings. The molecule has 26 heavy (non-hydrogen) atoms. The molecule has 1 saturated heterocycles. The number of hydrogen-bond donors (Lipinski definition) is 0.